The molecule has 1 N–H and O–H groups in total. The third kappa shape index (κ3) is 2.09. The molecule has 2 rings (SSSR count). The number of carboxylic acid groups (broad SMARTS) is 1. The van der Waals surface area contributed by atoms with Gasteiger partial charge < -0.3 is 10.0 Å². The van der Waals surface area contributed by atoms with Gasteiger partial charge in [0.05, 0.1) is 5.56 Å². The fourth-order valence-electron chi connectivity index (χ4n) is 1.98. The average molecular weight is 239 g/mol. The summed E-state index contributed by atoms with van der Waals surface area (Å²) in [6.07, 6.45) is 2.33. The zero-order chi connectivity index (χ0) is 11.5. The Morgan fingerprint density at radius 3 is 2.88 bits per heavy atom. The lowest BCUT2D eigenvalue weighted by atomic mass is 10.0. The molecule has 1 aliphatic rings. The lowest BCUT2D eigenvalue weighted by Gasteiger charge is -2.32. The van der Waals surface area contributed by atoms with Crippen LogP contribution in [0.4, 0.5) is 0 Å². The highest BCUT2D eigenvalue weighted by atomic mass is 32.1. The average Bonchev–Trinajstić information content (AvgIpc) is 2.81. The molecule has 0 spiro atoms. The summed E-state index contributed by atoms with van der Waals surface area (Å²) in [5, 5.41) is 12.6. The van der Waals surface area contributed by atoms with Crippen molar-refractivity contribution in [2.45, 2.75) is 25.3 Å². The Morgan fingerprint density at radius 1 is 1.44 bits per heavy atom. The van der Waals surface area contributed by atoms with Crippen molar-refractivity contribution < 1.29 is 14.7 Å². The topological polar surface area (TPSA) is 57.6 Å². The van der Waals surface area contributed by atoms with Crippen molar-refractivity contribution in [2.24, 2.45) is 0 Å². The molecule has 16 heavy (non-hydrogen) atoms. The molecular formula is C11H13NO3S. The van der Waals surface area contributed by atoms with Crippen LogP contribution in [0.15, 0.2) is 16.8 Å². The summed E-state index contributed by atoms with van der Waals surface area (Å²) in [6.45, 7) is 0.547. The minimum atomic E-state index is -0.900. The van der Waals surface area contributed by atoms with Crippen molar-refractivity contribution >= 4 is 23.2 Å². The first-order valence-corrected chi connectivity index (χ1v) is 6.20. The Bertz CT molecular complexity index is 388. The Kier molecular flexibility index (Phi) is 3.24. The molecule has 1 saturated heterocycles. The standard InChI is InChI=1S/C11H13NO3S/c13-10(8-4-6-16-7-8)12-5-2-1-3-9(12)11(14)15/h4,6-7,9H,1-3,5H2,(H,14,15)/t9-/m1/s1. The fraction of sp³-hybridized carbons (Fsp3) is 0.455. The molecule has 4 nitrogen and oxygen atoms in total. The first kappa shape index (κ1) is 11.1. The van der Waals surface area contributed by atoms with Crippen LogP contribution in [0.3, 0.4) is 0 Å². The van der Waals surface area contributed by atoms with Crippen molar-refractivity contribution in [3.8, 4) is 0 Å². The number of carbonyl (C=O) groups is 2. The van der Waals surface area contributed by atoms with Crippen LogP contribution in [-0.2, 0) is 4.79 Å². The number of amides is 1. The van der Waals surface area contributed by atoms with Gasteiger partial charge in [0.1, 0.15) is 6.04 Å². The zero-order valence-electron chi connectivity index (χ0n) is 8.76. The molecule has 1 aromatic rings. The van der Waals surface area contributed by atoms with Crippen molar-refractivity contribution in [1.82, 2.24) is 4.90 Å². The SMILES string of the molecule is O=C(O)[C@H]1CCCCN1C(=O)c1ccsc1. The maximum atomic E-state index is 12.0. The Balaban J connectivity index is 2.17. The van der Waals surface area contributed by atoms with E-state index in [1.165, 1.54) is 16.2 Å². The predicted octanol–water partition coefficient (Wildman–Crippen LogP) is 1.83. The van der Waals surface area contributed by atoms with Gasteiger partial charge in [0.2, 0.25) is 0 Å². The minimum absolute atomic E-state index is 0.159. The van der Waals surface area contributed by atoms with Gasteiger partial charge in [-0.25, -0.2) is 4.79 Å². The van der Waals surface area contributed by atoms with Gasteiger partial charge in [0, 0.05) is 11.9 Å². The van der Waals surface area contributed by atoms with E-state index in [0.29, 0.717) is 18.5 Å². The Labute approximate surface area is 97.5 Å². The summed E-state index contributed by atoms with van der Waals surface area (Å²) >= 11 is 1.45. The Hall–Kier alpha value is -1.36. The summed E-state index contributed by atoms with van der Waals surface area (Å²) < 4.78 is 0. The van der Waals surface area contributed by atoms with Crippen LogP contribution in [-0.4, -0.2) is 34.5 Å². The minimum Gasteiger partial charge on any atom is -0.480 e. The molecule has 0 bridgehead atoms. The molecule has 1 amide bonds. The molecule has 1 aliphatic heterocycles. The molecule has 0 radical (unpaired) electrons. The van der Waals surface area contributed by atoms with Gasteiger partial charge in [-0.3, -0.25) is 4.79 Å². The molecule has 0 aliphatic carbocycles. The third-order valence-corrected chi connectivity index (χ3v) is 3.50. The number of hydrogen-bond acceptors (Lipinski definition) is 3. The number of carbonyl (C=O) groups excluding carboxylic acids is 1. The highest BCUT2D eigenvalue weighted by Crippen LogP contribution is 2.20. The Morgan fingerprint density at radius 2 is 2.25 bits per heavy atom. The molecule has 0 aromatic carbocycles. The van der Waals surface area contributed by atoms with Gasteiger partial charge >= 0.3 is 5.97 Å². The van der Waals surface area contributed by atoms with Crippen LogP contribution < -0.4 is 0 Å². The van der Waals surface area contributed by atoms with Crippen molar-refractivity contribution in [2.75, 3.05) is 6.54 Å². The van der Waals surface area contributed by atoms with E-state index in [0.717, 1.165) is 12.8 Å². The maximum Gasteiger partial charge on any atom is 0.326 e. The van der Waals surface area contributed by atoms with Gasteiger partial charge in [-0.2, -0.15) is 11.3 Å². The number of rotatable bonds is 2. The summed E-state index contributed by atoms with van der Waals surface area (Å²) in [4.78, 5) is 24.6. The summed E-state index contributed by atoms with van der Waals surface area (Å²) in [6, 6.07) is 1.08. The molecular weight excluding hydrogens is 226 g/mol. The smallest absolute Gasteiger partial charge is 0.326 e. The second-order valence-electron chi connectivity index (χ2n) is 3.86. The second-order valence-corrected chi connectivity index (χ2v) is 4.64. The third-order valence-electron chi connectivity index (χ3n) is 2.82. The lowest BCUT2D eigenvalue weighted by molar-refractivity contribution is -0.143. The monoisotopic (exact) mass is 239 g/mol. The summed E-state index contributed by atoms with van der Waals surface area (Å²) in [5.41, 5.74) is 0.596. The number of piperidine rings is 1. The van der Waals surface area contributed by atoms with E-state index in [9.17, 15) is 9.59 Å². The molecule has 0 saturated carbocycles. The van der Waals surface area contributed by atoms with Crippen molar-refractivity contribution in [3.05, 3.63) is 22.4 Å². The van der Waals surface area contributed by atoms with E-state index in [1.807, 2.05) is 5.38 Å². The molecule has 1 aromatic heterocycles. The van der Waals surface area contributed by atoms with Gasteiger partial charge in [0.25, 0.3) is 5.91 Å². The molecule has 1 fully saturated rings. The molecule has 1 atom stereocenters. The van der Waals surface area contributed by atoms with E-state index < -0.39 is 12.0 Å². The van der Waals surface area contributed by atoms with Gasteiger partial charge in [-0.05, 0) is 30.7 Å². The normalized spacial score (nSPS) is 20.8. The van der Waals surface area contributed by atoms with Gasteiger partial charge in [-0.1, -0.05) is 0 Å². The van der Waals surface area contributed by atoms with Crippen LogP contribution in [0.1, 0.15) is 29.6 Å². The van der Waals surface area contributed by atoms with Crippen LogP contribution in [0.5, 0.6) is 0 Å². The number of thiophene rings is 1. The number of carboxylic acids is 1. The summed E-state index contributed by atoms with van der Waals surface area (Å²) in [5.74, 6) is -1.06. The van der Waals surface area contributed by atoms with E-state index in [1.54, 1.807) is 11.4 Å². The summed E-state index contributed by atoms with van der Waals surface area (Å²) in [7, 11) is 0. The lowest BCUT2D eigenvalue weighted by Crippen LogP contribution is -2.47. The predicted molar refractivity (Wildman–Crippen MR) is 60.6 cm³/mol. The van der Waals surface area contributed by atoms with E-state index >= 15 is 0 Å². The quantitative estimate of drug-likeness (QED) is 0.856. The highest BCUT2D eigenvalue weighted by Gasteiger charge is 2.32. The van der Waals surface area contributed by atoms with E-state index in [-0.39, 0.29) is 5.91 Å². The van der Waals surface area contributed by atoms with E-state index in [4.69, 9.17) is 5.11 Å². The van der Waals surface area contributed by atoms with Crippen LogP contribution >= 0.6 is 11.3 Å². The molecule has 0 unspecified atom stereocenters. The first-order valence-electron chi connectivity index (χ1n) is 5.26. The molecule has 2 heterocycles. The maximum absolute atomic E-state index is 12.0. The fourth-order valence-corrected chi connectivity index (χ4v) is 2.61. The zero-order valence-corrected chi connectivity index (χ0v) is 9.57. The van der Waals surface area contributed by atoms with Crippen molar-refractivity contribution in [3.63, 3.8) is 0 Å². The van der Waals surface area contributed by atoms with Gasteiger partial charge in [0.15, 0.2) is 0 Å². The highest BCUT2D eigenvalue weighted by molar-refractivity contribution is 7.08. The largest absolute Gasteiger partial charge is 0.480 e. The van der Waals surface area contributed by atoms with Gasteiger partial charge in [-0.15, -0.1) is 0 Å². The molecule has 5 heteroatoms. The van der Waals surface area contributed by atoms with Crippen LogP contribution in [0, 0.1) is 0 Å². The number of likely N-dealkylation sites (tertiary alicyclic amines) is 1. The first-order chi connectivity index (χ1) is 7.70. The number of hydrogen-bond donors (Lipinski definition) is 1. The van der Waals surface area contributed by atoms with E-state index in [2.05, 4.69) is 0 Å². The second kappa shape index (κ2) is 4.65. The van der Waals surface area contributed by atoms with Crippen LogP contribution in [0.2, 0.25) is 0 Å². The van der Waals surface area contributed by atoms with Crippen LogP contribution in [0.25, 0.3) is 0 Å². The number of nitrogens with zero attached hydrogens (tertiary/aromatic N) is 1. The molecule has 86 valence electrons. The van der Waals surface area contributed by atoms with Crippen molar-refractivity contribution in [1.29, 1.82) is 0 Å². The number of aliphatic carboxylic acids is 1.